The zero-order chi connectivity index (χ0) is 21.8. The second-order valence-electron chi connectivity index (χ2n) is 8.19. The van der Waals surface area contributed by atoms with Gasteiger partial charge >= 0.3 is 0 Å². The highest BCUT2D eigenvalue weighted by molar-refractivity contribution is 7.99. The molecule has 7 heteroatoms. The Morgan fingerprint density at radius 1 is 1.10 bits per heavy atom. The van der Waals surface area contributed by atoms with E-state index < -0.39 is 10.0 Å². The Morgan fingerprint density at radius 2 is 1.87 bits per heavy atom. The Kier molecular flexibility index (Phi) is 6.92. The molecule has 2 aromatic rings. The summed E-state index contributed by atoms with van der Waals surface area (Å²) in [5.74, 6) is 0.598. The summed E-state index contributed by atoms with van der Waals surface area (Å²) in [6, 6.07) is 12.8. The van der Waals surface area contributed by atoms with Crippen LogP contribution in [-0.4, -0.2) is 38.4 Å². The first-order valence-electron chi connectivity index (χ1n) is 11.1. The Labute approximate surface area is 189 Å². The van der Waals surface area contributed by atoms with E-state index in [0.29, 0.717) is 23.0 Å². The number of aryl methyl sites for hydroxylation is 1. The Bertz CT molecular complexity index is 1050. The summed E-state index contributed by atoms with van der Waals surface area (Å²) in [4.78, 5) is 12.9. The SMILES string of the molecule is CCc1ccc2c(c1)-c1ccccc1S(=O)(=O)N2CC(=O)NCCSC1CCCCC1. The number of benzene rings is 2. The molecule has 4 rings (SSSR count). The van der Waals surface area contributed by atoms with Gasteiger partial charge in [-0.2, -0.15) is 11.8 Å². The van der Waals surface area contributed by atoms with E-state index in [2.05, 4.69) is 12.2 Å². The molecule has 0 saturated heterocycles. The second kappa shape index (κ2) is 9.65. The molecule has 0 spiro atoms. The molecule has 1 amide bonds. The van der Waals surface area contributed by atoms with Gasteiger partial charge in [-0.05, 0) is 43.0 Å². The molecule has 5 nitrogen and oxygen atoms in total. The topological polar surface area (TPSA) is 66.5 Å². The number of carbonyl (C=O) groups excluding carboxylic acids is 1. The van der Waals surface area contributed by atoms with Crippen LogP contribution < -0.4 is 9.62 Å². The van der Waals surface area contributed by atoms with Crippen LogP contribution in [0.2, 0.25) is 0 Å². The maximum atomic E-state index is 13.3. The zero-order valence-corrected chi connectivity index (χ0v) is 19.6. The highest BCUT2D eigenvalue weighted by Crippen LogP contribution is 2.43. The van der Waals surface area contributed by atoms with Gasteiger partial charge in [0, 0.05) is 28.7 Å². The Morgan fingerprint density at radius 3 is 2.65 bits per heavy atom. The summed E-state index contributed by atoms with van der Waals surface area (Å²) < 4.78 is 27.9. The molecule has 1 aliphatic carbocycles. The fraction of sp³-hybridized carbons (Fsp3) is 0.458. The fourth-order valence-corrected chi connectivity index (χ4v) is 7.27. The van der Waals surface area contributed by atoms with Gasteiger partial charge in [-0.1, -0.05) is 50.5 Å². The maximum Gasteiger partial charge on any atom is 0.265 e. The number of amides is 1. The first-order chi connectivity index (χ1) is 15.0. The normalized spacial score (nSPS) is 17.6. The van der Waals surface area contributed by atoms with Crippen molar-refractivity contribution in [2.75, 3.05) is 23.1 Å². The lowest BCUT2D eigenvalue weighted by molar-refractivity contribution is -0.119. The van der Waals surface area contributed by atoms with E-state index in [4.69, 9.17) is 0 Å². The molecule has 0 unspecified atom stereocenters. The molecule has 2 aromatic carbocycles. The predicted molar refractivity (Wildman–Crippen MR) is 128 cm³/mol. The van der Waals surface area contributed by atoms with E-state index in [1.807, 2.05) is 42.1 Å². The van der Waals surface area contributed by atoms with Crippen LogP contribution in [-0.2, 0) is 21.2 Å². The highest BCUT2D eigenvalue weighted by Gasteiger charge is 2.35. The first-order valence-corrected chi connectivity index (χ1v) is 13.6. The molecule has 1 saturated carbocycles. The lowest BCUT2D eigenvalue weighted by Crippen LogP contribution is -2.43. The van der Waals surface area contributed by atoms with Crippen molar-refractivity contribution in [3.63, 3.8) is 0 Å². The molecule has 0 bridgehead atoms. The molecule has 1 N–H and O–H groups in total. The molecular formula is C24H30N2O3S2. The van der Waals surface area contributed by atoms with Crippen molar-refractivity contribution in [1.29, 1.82) is 0 Å². The maximum absolute atomic E-state index is 13.3. The van der Waals surface area contributed by atoms with Crippen LogP contribution in [0.1, 0.15) is 44.6 Å². The van der Waals surface area contributed by atoms with E-state index in [1.165, 1.54) is 36.4 Å². The van der Waals surface area contributed by atoms with Crippen LogP contribution in [0.3, 0.4) is 0 Å². The number of sulfonamides is 1. The fourth-order valence-electron chi connectivity index (χ4n) is 4.40. The van der Waals surface area contributed by atoms with Crippen molar-refractivity contribution in [1.82, 2.24) is 5.32 Å². The quantitative estimate of drug-likeness (QED) is 0.616. The number of nitrogens with one attached hydrogen (secondary N) is 1. The van der Waals surface area contributed by atoms with Crippen molar-refractivity contribution in [3.05, 3.63) is 48.0 Å². The molecule has 0 radical (unpaired) electrons. The van der Waals surface area contributed by atoms with Gasteiger partial charge in [-0.3, -0.25) is 9.10 Å². The minimum absolute atomic E-state index is 0.205. The number of hydrogen-bond donors (Lipinski definition) is 1. The molecule has 1 fully saturated rings. The first kappa shape index (κ1) is 22.2. The second-order valence-corrected chi connectivity index (χ2v) is 11.4. The van der Waals surface area contributed by atoms with E-state index in [0.717, 1.165) is 23.3 Å². The van der Waals surface area contributed by atoms with E-state index in [-0.39, 0.29) is 17.3 Å². The minimum Gasteiger partial charge on any atom is -0.354 e. The molecular weight excluding hydrogens is 428 g/mol. The van der Waals surface area contributed by atoms with Crippen molar-refractivity contribution >= 4 is 33.4 Å². The number of carbonyl (C=O) groups is 1. The molecule has 0 aromatic heterocycles. The van der Waals surface area contributed by atoms with Crippen molar-refractivity contribution in [2.24, 2.45) is 0 Å². The number of thioether (sulfide) groups is 1. The third kappa shape index (κ3) is 4.77. The average molecular weight is 459 g/mol. The summed E-state index contributed by atoms with van der Waals surface area (Å²) >= 11 is 1.92. The third-order valence-corrected chi connectivity index (χ3v) is 9.30. The lowest BCUT2D eigenvalue weighted by atomic mass is 9.99. The standard InChI is InChI=1S/C24H30N2O3S2/c1-2-18-12-13-22-21(16-18)20-10-6-7-11-23(20)31(28,29)26(22)17-24(27)25-14-15-30-19-8-4-3-5-9-19/h6-7,10-13,16,19H,2-5,8-9,14-15,17H2,1H3,(H,25,27). The zero-order valence-electron chi connectivity index (χ0n) is 18.0. The van der Waals surface area contributed by atoms with E-state index in [1.54, 1.807) is 12.1 Å². The molecule has 166 valence electrons. The Hall–Kier alpha value is -1.99. The molecule has 1 heterocycles. The summed E-state index contributed by atoms with van der Waals surface area (Å²) in [7, 11) is -3.79. The summed E-state index contributed by atoms with van der Waals surface area (Å²) in [6.45, 7) is 2.43. The average Bonchev–Trinajstić information content (AvgIpc) is 2.80. The van der Waals surface area contributed by atoms with Crippen molar-refractivity contribution < 1.29 is 13.2 Å². The number of fused-ring (bicyclic) bond motifs is 3. The van der Waals surface area contributed by atoms with Crippen LogP contribution in [0.25, 0.3) is 11.1 Å². The van der Waals surface area contributed by atoms with Gasteiger partial charge in [0.15, 0.2) is 0 Å². The van der Waals surface area contributed by atoms with Gasteiger partial charge in [-0.25, -0.2) is 8.42 Å². The van der Waals surface area contributed by atoms with E-state index in [9.17, 15) is 13.2 Å². The van der Waals surface area contributed by atoms with Gasteiger partial charge < -0.3 is 5.32 Å². The van der Waals surface area contributed by atoms with E-state index >= 15 is 0 Å². The van der Waals surface area contributed by atoms with Gasteiger partial charge in [0.25, 0.3) is 10.0 Å². The van der Waals surface area contributed by atoms with Gasteiger partial charge in [0.2, 0.25) is 5.91 Å². The number of anilines is 1. The third-order valence-electron chi connectivity index (χ3n) is 6.10. The number of hydrogen-bond acceptors (Lipinski definition) is 4. The van der Waals surface area contributed by atoms with Crippen LogP contribution >= 0.6 is 11.8 Å². The summed E-state index contributed by atoms with van der Waals surface area (Å²) in [6.07, 6.45) is 7.33. The summed E-state index contributed by atoms with van der Waals surface area (Å²) in [5.41, 5.74) is 3.28. The number of nitrogens with zero attached hydrogens (tertiary/aromatic N) is 1. The van der Waals surface area contributed by atoms with Gasteiger partial charge in [0.05, 0.1) is 10.6 Å². The number of rotatable bonds is 7. The van der Waals surface area contributed by atoms with Crippen LogP contribution in [0.5, 0.6) is 0 Å². The molecule has 1 aliphatic heterocycles. The van der Waals surface area contributed by atoms with Crippen LogP contribution in [0.4, 0.5) is 5.69 Å². The largest absolute Gasteiger partial charge is 0.354 e. The monoisotopic (exact) mass is 458 g/mol. The smallest absolute Gasteiger partial charge is 0.265 e. The lowest BCUT2D eigenvalue weighted by Gasteiger charge is -2.32. The molecule has 31 heavy (non-hydrogen) atoms. The van der Waals surface area contributed by atoms with Crippen LogP contribution in [0.15, 0.2) is 47.4 Å². The van der Waals surface area contributed by atoms with Crippen LogP contribution in [0, 0.1) is 0 Å². The highest BCUT2D eigenvalue weighted by atomic mass is 32.2. The van der Waals surface area contributed by atoms with Gasteiger partial charge in [-0.15, -0.1) is 0 Å². The van der Waals surface area contributed by atoms with Crippen molar-refractivity contribution in [2.45, 2.75) is 55.6 Å². The predicted octanol–water partition coefficient (Wildman–Crippen LogP) is 4.61. The van der Waals surface area contributed by atoms with Gasteiger partial charge in [0.1, 0.15) is 6.54 Å². The van der Waals surface area contributed by atoms with Crippen molar-refractivity contribution in [3.8, 4) is 11.1 Å². The molecule has 2 aliphatic rings. The summed E-state index contributed by atoms with van der Waals surface area (Å²) in [5, 5.41) is 3.62. The molecule has 0 atom stereocenters. The Balaban J connectivity index is 1.48. The minimum atomic E-state index is -3.79.